The number of nitrogens with zero attached hydrogens (tertiary/aromatic N) is 2. The fraction of sp³-hybridized carbons (Fsp3) is 0.278. The molecule has 3 heteroatoms. The zero-order valence-corrected chi connectivity index (χ0v) is 12.3. The van der Waals surface area contributed by atoms with Gasteiger partial charge in [-0.25, -0.2) is 0 Å². The summed E-state index contributed by atoms with van der Waals surface area (Å²) in [6.07, 6.45) is 2.39. The van der Waals surface area contributed by atoms with Crippen LogP contribution in [0.3, 0.4) is 0 Å². The molecule has 3 rings (SSSR count). The molecule has 0 unspecified atom stereocenters. The summed E-state index contributed by atoms with van der Waals surface area (Å²) < 4.78 is 0. The fourth-order valence-corrected chi connectivity index (χ4v) is 2.85. The van der Waals surface area contributed by atoms with Gasteiger partial charge in [0.2, 0.25) is 0 Å². The SMILES string of the molecule is CN1CCCc2cc(CNc3cccc(C#N)c3)ccc21. The number of fused-ring (bicyclic) bond motifs is 1. The Balaban J connectivity index is 1.72. The summed E-state index contributed by atoms with van der Waals surface area (Å²) in [6, 6.07) is 16.5. The Hall–Kier alpha value is -2.47. The summed E-state index contributed by atoms with van der Waals surface area (Å²) in [5, 5.41) is 12.3. The van der Waals surface area contributed by atoms with Crippen molar-refractivity contribution in [1.82, 2.24) is 0 Å². The van der Waals surface area contributed by atoms with E-state index in [-0.39, 0.29) is 0 Å². The van der Waals surface area contributed by atoms with Crippen molar-refractivity contribution >= 4 is 11.4 Å². The lowest BCUT2D eigenvalue weighted by molar-refractivity contribution is 0.743. The molecule has 106 valence electrons. The summed E-state index contributed by atoms with van der Waals surface area (Å²) in [4.78, 5) is 2.33. The first-order valence-electron chi connectivity index (χ1n) is 7.33. The van der Waals surface area contributed by atoms with E-state index in [4.69, 9.17) is 5.26 Å². The predicted octanol–water partition coefficient (Wildman–Crippen LogP) is 3.55. The molecule has 2 aromatic rings. The molecule has 1 aliphatic heterocycles. The van der Waals surface area contributed by atoms with Gasteiger partial charge in [0.25, 0.3) is 0 Å². The number of nitrogens with one attached hydrogen (secondary N) is 1. The number of rotatable bonds is 3. The molecule has 0 atom stereocenters. The highest BCUT2D eigenvalue weighted by atomic mass is 15.1. The number of nitriles is 1. The highest BCUT2D eigenvalue weighted by Crippen LogP contribution is 2.27. The minimum Gasteiger partial charge on any atom is -0.381 e. The zero-order valence-electron chi connectivity index (χ0n) is 12.3. The molecule has 1 aliphatic rings. The maximum Gasteiger partial charge on any atom is 0.0992 e. The van der Waals surface area contributed by atoms with Crippen molar-refractivity contribution < 1.29 is 0 Å². The molecule has 0 spiro atoms. The first-order valence-corrected chi connectivity index (χ1v) is 7.33. The Morgan fingerprint density at radius 1 is 1.24 bits per heavy atom. The molecule has 0 amide bonds. The maximum atomic E-state index is 8.92. The zero-order chi connectivity index (χ0) is 14.7. The molecule has 21 heavy (non-hydrogen) atoms. The van der Waals surface area contributed by atoms with Gasteiger partial charge in [-0.15, -0.1) is 0 Å². The monoisotopic (exact) mass is 277 g/mol. The topological polar surface area (TPSA) is 39.1 Å². The van der Waals surface area contributed by atoms with Crippen molar-refractivity contribution in [3.63, 3.8) is 0 Å². The van der Waals surface area contributed by atoms with E-state index in [1.165, 1.54) is 23.2 Å². The van der Waals surface area contributed by atoms with E-state index in [1.54, 1.807) is 0 Å². The van der Waals surface area contributed by atoms with Gasteiger partial charge in [0.05, 0.1) is 11.6 Å². The van der Waals surface area contributed by atoms with Gasteiger partial charge in [-0.05, 0) is 48.2 Å². The third-order valence-corrected chi connectivity index (χ3v) is 3.98. The summed E-state index contributed by atoms with van der Waals surface area (Å²) >= 11 is 0. The summed E-state index contributed by atoms with van der Waals surface area (Å²) in [7, 11) is 2.16. The lowest BCUT2D eigenvalue weighted by atomic mass is 9.99. The van der Waals surface area contributed by atoms with Crippen LogP contribution in [0.15, 0.2) is 42.5 Å². The molecule has 0 fully saturated rings. The molecular formula is C18H19N3. The molecular weight excluding hydrogens is 258 g/mol. The van der Waals surface area contributed by atoms with Crippen molar-refractivity contribution in [2.75, 3.05) is 23.8 Å². The van der Waals surface area contributed by atoms with Gasteiger partial charge in [0, 0.05) is 31.5 Å². The minimum atomic E-state index is 0.687. The molecule has 0 bridgehead atoms. The molecule has 3 nitrogen and oxygen atoms in total. The highest BCUT2D eigenvalue weighted by molar-refractivity contribution is 5.57. The van der Waals surface area contributed by atoms with E-state index < -0.39 is 0 Å². The molecule has 0 aliphatic carbocycles. The van der Waals surface area contributed by atoms with Gasteiger partial charge in [0.1, 0.15) is 0 Å². The first-order chi connectivity index (χ1) is 10.3. The van der Waals surface area contributed by atoms with Crippen molar-refractivity contribution in [2.24, 2.45) is 0 Å². The largest absolute Gasteiger partial charge is 0.381 e. The van der Waals surface area contributed by atoms with Gasteiger partial charge in [-0.3, -0.25) is 0 Å². The smallest absolute Gasteiger partial charge is 0.0992 e. The third-order valence-electron chi connectivity index (χ3n) is 3.98. The quantitative estimate of drug-likeness (QED) is 0.932. The van der Waals surface area contributed by atoms with Crippen LogP contribution in [0.5, 0.6) is 0 Å². The van der Waals surface area contributed by atoms with Gasteiger partial charge in [0.15, 0.2) is 0 Å². The van der Waals surface area contributed by atoms with Crippen LogP contribution < -0.4 is 10.2 Å². The van der Waals surface area contributed by atoms with Crippen LogP contribution >= 0.6 is 0 Å². The minimum absolute atomic E-state index is 0.687. The van der Waals surface area contributed by atoms with Crippen LogP contribution in [0.4, 0.5) is 11.4 Å². The first kappa shape index (κ1) is 13.5. The Morgan fingerprint density at radius 3 is 3.00 bits per heavy atom. The van der Waals surface area contributed by atoms with Crippen LogP contribution in [0, 0.1) is 11.3 Å². The van der Waals surface area contributed by atoms with Crippen LogP contribution in [0.2, 0.25) is 0 Å². The second-order valence-electron chi connectivity index (χ2n) is 5.53. The van der Waals surface area contributed by atoms with Crippen LogP contribution in [-0.2, 0) is 13.0 Å². The van der Waals surface area contributed by atoms with Crippen molar-refractivity contribution in [2.45, 2.75) is 19.4 Å². The van der Waals surface area contributed by atoms with Crippen LogP contribution in [-0.4, -0.2) is 13.6 Å². The normalized spacial score (nSPS) is 13.4. The second kappa shape index (κ2) is 5.88. The van der Waals surface area contributed by atoms with Crippen molar-refractivity contribution in [1.29, 1.82) is 5.26 Å². The van der Waals surface area contributed by atoms with E-state index in [0.29, 0.717) is 5.56 Å². The van der Waals surface area contributed by atoms with Crippen LogP contribution in [0.1, 0.15) is 23.1 Å². The third kappa shape index (κ3) is 3.00. The van der Waals surface area contributed by atoms with E-state index in [0.717, 1.165) is 25.2 Å². The lowest BCUT2D eigenvalue weighted by Crippen LogP contribution is -2.24. The average Bonchev–Trinajstić information content (AvgIpc) is 2.53. The molecule has 0 aromatic heterocycles. The summed E-state index contributed by atoms with van der Waals surface area (Å²) in [5.41, 5.74) is 5.76. The van der Waals surface area contributed by atoms with E-state index >= 15 is 0 Å². The standard InChI is InChI=1S/C18H19N3/c1-21-9-3-5-16-10-15(7-8-18(16)21)13-20-17-6-2-4-14(11-17)12-19/h2,4,6-8,10-11,20H,3,5,9,13H2,1H3. The Bertz CT molecular complexity index is 685. The molecule has 0 saturated carbocycles. The van der Waals surface area contributed by atoms with Crippen molar-refractivity contribution in [3.05, 3.63) is 59.2 Å². The molecule has 2 aromatic carbocycles. The summed E-state index contributed by atoms with van der Waals surface area (Å²) in [6.45, 7) is 1.93. The highest BCUT2D eigenvalue weighted by Gasteiger charge is 2.13. The number of benzene rings is 2. The lowest BCUT2D eigenvalue weighted by Gasteiger charge is -2.27. The molecule has 0 saturated heterocycles. The Labute approximate surface area is 125 Å². The number of aryl methyl sites for hydroxylation is 1. The summed E-state index contributed by atoms with van der Waals surface area (Å²) in [5.74, 6) is 0. The van der Waals surface area contributed by atoms with Crippen molar-refractivity contribution in [3.8, 4) is 6.07 Å². The number of hydrogen-bond donors (Lipinski definition) is 1. The number of hydrogen-bond acceptors (Lipinski definition) is 3. The van der Waals surface area contributed by atoms with Gasteiger partial charge >= 0.3 is 0 Å². The predicted molar refractivity (Wildman–Crippen MR) is 86.5 cm³/mol. The van der Waals surface area contributed by atoms with Gasteiger partial charge in [-0.2, -0.15) is 5.26 Å². The second-order valence-corrected chi connectivity index (χ2v) is 5.53. The van der Waals surface area contributed by atoms with Gasteiger partial charge < -0.3 is 10.2 Å². The Kier molecular flexibility index (Phi) is 3.79. The fourth-order valence-electron chi connectivity index (χ4n) is 2.85. The van der Waals surface area contributed by atoms with E-state index in [1.807, 2.05) is 24.3 Å². The molecule has 1 heterocycles. The number of anilines is 2. The molecule has 0 radical (unpaired) electrons. The van der Waals surface area contributed by atoms with Crippen LogP contribution in [0.25, 0.3) is 0 Å². The molecule has 1 N–H and O–H groups in total. The maximum absolute atomic E-state index is 8.92. The Morgan fingerprint density at radius 2 is 2.14 bits per heavy atom. The average molecular weight is 277 g/mol. The van der Waals surface area contributed by atoms with E-state index in [9.17, 15) is 0 Å². The van der Waals surface area contributed by atoms with Gasteiger partial charge in [-0.1, -0.05) is 18.2 Å². The van der Waals surface area contributed by atoms with E-state index in [2.05, 4.69) is 41.5 Å².